The van der Waals surface area contributed by atoms with E-state index in [1.165, 1.54) is 16.2 Å². The van der Waals surface area contributed by atoms with Crippen molar-refractivity contribution in [1.29, 1.82) is 0 Å². The Morgan fingerprint density at radius 1 is 1.14 bits per heavy atom. The highest BCUT2D eigenvalue weighted by Crippen LogP contribution is 2.40. The number of aromatic nitrogens is 1. The molecule has 1 unspecified atom stereocenters. The number of thiophene rings is 1. The number of ether oxygens (including phenoxy) is 1. The number of anilines is 1. The number of hydrogen-bond acceptors (Lipinski definition) is 6. The van der Waals surface area contributed by atoms with Gasteiger partial charge < -0.3 is 10.1 Å². The van der Waals surface area contributed by atoms with Crippen molar-refractivity contribution in [2.24, 2.45) is 5.92 Å². The van der Waals surface area contributed by atoms with Crippen molar-refractivity contribution in [3.05, 3.63) is 82.2 Å². The van der Waals surface area contributed by atoms with Crippen molar-refractivity contribution in [3.63, 3.8) is 0 Å². The number of para-hydroxylation sites is 1. The summed E-state index contributed by atoms with van der Waals surface area (Å²) < 4.78 is 5.35. The van der Waals surface area contributed by atoms with Gasteiger partial charge in [-0.1, -0.05) is 55.5 Å². The number of amides is 1. The molecule has 1 atom stereocenters. The molecule has 8 heteroatoms. The Hall–Kier alpha value is -3.62. The van der Waals surface area contributed by atoms with E-state index >= 15 is 0 Å². The number of hydrogen-bond donors (Lipinski definition) is 2. The van der Waals surface area contributed by atoms with Crippen molar-refractivity contribution in [1.82, 2.24) is 10.3 Å². The second-order valence-electron chi connectivity index (χ2n) is 9.12. The molecular formula is C29H27N3O3S2. The Kier molecular flexibility index (Phi) is 7.30. The lowest BCUT2D eigenvalue weighted by atomic mass is 9.88. The van der Waals surface area contributed by atoms with E-state index in [4.69, 9.17) is 21.9 Å². The summed E-state index contributed by atoms with van der Waals surface area (Å²) in [6.07, 6.45) is 2.77. The van der Waals surface area contributed by atoms with Crippen LogP contribution in [0.3, 0.4) is 0 Å². The van der Waals surface area contributed by atoms with E-state index in [0.29, 0.717) is 34.3 Å². The molecule has 0 fully saturated rings. The topological polar surface area (TPSA) is 80.3 Å². The summed E-state index contributed by atoms with van der Waals surface area (Å²) in [4.78, 5) is 32.2. The molecule has 0 radical (unpaired) electrons. The lowest BCUT2D eigenvalue weighted by molar-refractivity contribution is 0.0526. The highest BCUT2D eigenvalue weighted by molar-refractivity contribution is 7.80. The second kappa shape index (κ2) is 10.8. The van der Waals surface area contributed by atoms with Crippen molar-refractivity contribution in [2.75, 3.05) is 11.9 Å². The molecular weight excluding hydrogens is 502 g/mol. The maximum absolute atomic E-state index is 13.4. The molecule has 1 amide bonds. The SMILES string of the molecule is CCOC(=O)c1c(NC(=S)NC(=O)c2cc(-c3ccccc3)nc3ccccc23)sc2c1CCC(C)C2. The van der Waals surface area contributed by atoms with Gasteiger partial charge in [0.1, 0.15) is 5.00 Å². The normalized spacial score (nSPS) is 14.6. The molecule has 0 bridgehead atoms. The molecule has 0 aliphatic heterocycles. The number of nitrogens with zero attached hydrogens (tertiary/aromatic N) is 1. The lowest BCUT2D eigenvalue weighted by Gasteiger charge is -2.18. The van der Waals surface area contributed by atoms with Gasteiger partial charge in [0.25, 0.3) is 5.91 Å². The highest BCUT2D eigenvalue weighted by atomic mass is 32.1. The molecule has 188 valence electrons. The molecule has 2 aromatic carbocycles. The first-order valence-electron chi connectivity index (χ1n) is 12.3. The van der Waals surface area contributed by atoms with E-state index < -0.39 is 0 Å². The molecule has 2 heterocycles. The van der Waals surface area contributed by atoms with Crippen LogP contribution in [0.4, 0.5) is 5.00 Å². The van der Waals surface area contributed by atoms with Gasteiger partial charge in [-0.25, -0.2) is 9.78 Å². The lowest BCUT2D eigenvalue weighted by Crippen LogP contribution is -2.34. The minimum absolute atomic E-state index is 0.129. The fourth-order valence-electron chi connectivity index (χ4n) is 4.68. The summed E-state index contributed by atoms with van der Waals surface area (Å²) >= 11 is 7.04. The first-order valence-corrected chi connectivity index (χ1v) is 13.6. The van der Waals surface area contributed by atoms with Crippen LogP contribution in [-0.4, -0.2) is 28.6 Å². The molecule has 0 saturated heterocycles. The molecule has 1 aliphatic rings. The van der Waals surface area contributed by atoms with Crippen molar-refractivity contribution in [2.45, 2.75) is 33.1 Å². The third-order valence-corrected chi connectivity index (χ3v) is 7.85. The average Bonchev–Trinajstić information content (AvgIpc) is 3.25. The van der Waals surface area contributed by atoms with Gasteiger partial charge in [-0.15, -0.1) is 11.3 Å². The summed E-state index contributed by atoms with van der Waals surface area (Å²) in [5.74, 6) is -0.154. The van der Waals surface area contributed by atoms with Crippen LogP contribution in [0.15, 0.2) is 60.7 Å². The summed E-state index contributed by atoms with van der Waals surface area (Å²) in [5.41, 5.74) is 4.38. The number of fused-ring (bicyclic) bond motifs is 2. The van der Waals surface area contributed by atoms with Crippen LogP contribution in [0.2, 0.25) is 0 Å². The van der Waals surface area contributed by atoms with E-state index in [1.54, 1.807) is 13.0 Å². The van der Waals surface area contributed by atoms with Gasteiger partial charge in [0.05, 0.1) is 28.9 Å². The summed E-state index contributed by atoms with van der Waals surface area (Å²) in [6, 6.07) is 19.1. The van der Waals surface area contributed by atoms with Crippen LogP contribution in [0.1, 0.15) is 51.4 Å². The number of nitrogens with one attached hydrogen (secondary N) is 2. The van der Waals surface area contributed by atoms with Crippen LogP contribution in [-0.2, 0) is 17.6 Å². The number of benzene rings is 2. The van der Waals surface area contributed by atoms with Gasteiger partial charge in [-0.3, -0.25) is 10.1 Å². The van der Waals surface area contributed by atoms with Crippen molar-refractivity contribution < 1.29 is 14.3 Å². The minimum Gasteiger partial charge on any atom is -0.462 e. The third-order valence-electron chi connectivity index (χ3n) is 6.48. The molecule has 0 spiro atoms. The second-order valence-corrected chi connectivity index (χ2v) is 10.6. The number of carbonyl (C=O) groups is 2. The van der Waals surface area contributed by atoms with Gasteiger partial charge in [0, 0.05) is 15.8 Å². The largest absolute Gasteiger partial charge is 0.462 e. The van der Waals surface area contributed by atoms with Crippen LogP contribution >= 0.6 is 23.6 Å². The Bertz CT molecular complexity index is 1500. The number of rotatable bonds is 5. The predicted molar refractivity (Wildman–Crippen MR) is 152 cm³/mol. The monoisotopic (exact) mass is 529 g/mol. The van der Waals surface area contributed by atoms with Gasteiger partial charge >= 0.3 is 5.97 Å². The summed E-state index contributed by atoms with van der Waals surface area (Å²) in [7, 11) is 0. The maximum Gasteiger partial charge on any atom is 0.341 e. The van der Waals surface area contributed by atoms with E-state index in [1.807, 2.05) is 54.6 Å². The van der Waals surface area contributed by atoms with Crippen molar-refractivity contribution in [3.8, 4) is 11.3 Å². The first-order chi connectivity index (χ1) is 17.9. The fraction of sp³-hybridized carbons (Fsp3) is 0.241. The maximum atomic E-state index is 13.4. The highest BCUT2D eigenvalue weighted by Gasteiger charge is 2.29. The fourth-order valence-corrected chi connectivity index (χ4v) is 6.35. The van der Waals surface area contributed by atoms with Gasteiger partial charge in [0.2, 0.25) is 0 Å². The quantitative estimate of drug-likeness (QED) is 0.230. The van der Waals surface area contributed by atoms with Gasteiger partial charge in [-0.2, -0.15) is 0 Å². The molecule has 1 aliphatic carbocycles. The Balaban J connectivity index is 1.43. The zero-order chi connectivity index (χ0) is 25.9. The summed E-state index contributed by atoms with van der Waals surface area (Å²) in [6.45, 7) is 4.30. The van der Waals surface area contributed by atoms with Crippen molar-refractivity contribution >= 4 is 56.4 Å². The predicted octanol–water partition coefficient (Wildman–Crippen LogP) is 6.39. The molecule has 4 aromatic rings. The zero-order valence-electron chi connectivity index (χ0n) is 20.7. The third kappa shape index (κ3) is 5.26. The molecule has 2 aromatic heterocycles. The van der Waals surface area contributed by atoms with Gasteiger partial charge in [-0.05, 0) is 62.0 Å². The first kappa shape index (κ1) is 25.0. The number of esters is 1. The zero-order valence-corrected chi connectivity index (χ0v) is 22.3. The standard InChI is InChI=1S/C29H27N3O3S2/c1-3-35-28(34)25-20-14-13-17(2)15-24(20)37-27(25)32-29(36)31-26(33)21-16-23(18-9-5-4-6-10-18)30-22-12-8-7-11-19(21)22/h4-12,16-17H,3,13-15H2,1-2H3,(H2,31,32,33,36). The van der Waals surface area contributed by atoms with E-state index in [-0.39, 0.29) is 17.0 Å². The number of pyridine rings is 1. The Morgan fingerprint density at radius 3 is 2.68 bits per heavy atom. The average molecular weight is 530 g/mol. The molecule has 6 nitrogen and oxygen atoms in total. The Labute approximate surface area is 225 Å². The molecule has 37 heavy (non-hydrogen) atoms. The molecule has 2 N–H and O–H groups in total. The molecule has 0 saturated carbocycles. The summed E-state index contributed by atoms with van der Waals surface area (Å²) in [5, 5.41) is 7.41. The number of carbonyl (C=O) groups excluding carboxylic acids is 2. The molecule has 5 rings (SSSR count). The number of thiocarbonyl (C=S) groups is 1. The van der Waals surface area contributed by atoms with Crippen LogP contribution in [0, 0.1) is 5.92 Å². The van der Waals surface area contributed by atoms with E-state index in [0.717, 1.165) is 41.3 Å². The van der Waals surface area contributed by atoms with E-state index in [9.17, 15) is 9.59 Å². The Morgan fingerprint density at radius 2 is 1.89 bits per heavy atom. The van der Waals surface area contributed by atoms with E-state index in [2.05, 4.69) is 17.6 Å². The van der Waals surface area contributed by atoms with Crippen LogP contribution < -0.4 is 10.6 Å². The van der Waals surface area contributed by atoms with Crippen LogP contribution in [0.5, 0.6) is 0 Å². The van der Waals surface area contributed by atoms with Crippen LogP contribution in [0.25, 0.3) is 22.2 Å². The minimum atomic E-state index is -0.362. The van der Waals surface area contributed by atoms with Gasteiger partial charge in [0.15, 0.2) is 5.11 Å². The smallest absolute Gasteiger partial charge is 0.341 e.